The first-order valence-electron chi connectivity index (χ1n) is 10.5. The van der Waals surface area contributed by atoms with Crippen LogP contribution >= 0.6 is 11.6 Å². The van der Waals surface area contributed by atoms with Crippen LogP contribution in [0.5, 0.6) is 17.2 Å². The highest BCUT2D eigenvalue weighted by atomic mass is 35.5. The Morgan fingerprint density at radius 1 is 1.12 bits per heavy atom. The lowest BCUT2D eigenvalue weighted by Crippen LogP contribution is -2.29. The van der Waals surface area contributed by atoms with Crippen molar-refractivity contribution in [3.05, 3.63) is 63.4 Å². The van der Waals surface area contributed by atoms with Gasteiger partial charge in [-0.15, -0.1) is 0 Å². The molecular weight excluding hydrogens is 456 g/mol. The van der Waals surface area contributed by atoms with Crippen LogP contribution in [-0.2, 0) is 11.2 Å². The number of ether oxygens (including phenoxy) is 3. The van der Waals surface area contributed by atoms with Gasteiger partial charge in [0.15, 0.2) is 11.5 Å². The molecule has 1 amide bonds. The Labute approximate surface area is 204 Å². The molecule has 1 atom stereocenters. The lowest BCUT2D eigenvalue weighted by atomic mass is 10.0. The van der Waals surface area contributed by atoms with Gasteiger partial charge in [-0.2, -0.15) is 10.4 Å². The van der Waals surface area contributed by atoms with Gasteiger partial charge in [0, 0.05) is 16.3 Å². The standard InChI is InChI=1S/C25H27ClN4O4/c1-14-7-8-18(11-20(14)26)30-16(3)19(15(2)29-30)12-24(31)28-21(13-27)17-9-22(32-4)25(34-6)23(10-17)33-5/h7-11,21H,12H2,1-6H3,(H,28,31). The Hall–Kier alpha value is -3.70. The van der Waals surface area contributed by atoms with Crippen molar-refractivity contribution >= 4 is 17.5 Å². The van der Waals surface area contributed by atoms with Crippen LogP contribution in [-0.4, -0.2) is 37.0 Å². The first-order chi connectivity index (χ1) is 16.2. The first-order valence-corrected chi connectivity index (χ1v) is 10.9. The highest BCUT2D eigenvalue weighted by molar-refractivity contribution is 6.31. The van der Waals surface area contributed by atoms with Gasteiger partial charge in [0.25, 0.3) is 0 Å². The molecule has 0 radical (unpaired) electrons. The van der Waals surface area contributed by atoms with E-state index in [9.17, 15) is 10.1 Å². The summed E-state index contributed by atoms with van der Waals surface area (Å²) in [6.45, 7) is 5.68. The van der Waals surface area contributed by atoms with Crippen molar-refractivity contribution in [2.24, 2.45) is 0 Å². The number of methoxy groups -OCH3 is 3. The molecule has 3 rings (SSSR count). The van der Waals surface area contributed by atoms with Crippen molar-refractivity contribution in [3.8, 4) is 29.0 Å². The molecule has 3 aromatic rings. The molecule has 0 aliphatic heterocycles. The molecule has 2 aromatic carbocycles. The van der Waals surface area contributed by atoms with Crippen LogP contribution in [0.4, 0.5) is 0 Å². The second kappa shape index (κ2) is 10.5. The van der Waals surface area contributed by atoms with Crippen LogP contribution in [0.15, 0.2) is 30.3 Å². The second-order valence-corrected chi connectivity index (χ2v) is 8.17. The SMILES string of the molecule is COc1cc(C(C#N)NC(=O)Cc2c(C)nn(-c3ccc(C)c(Cl)c3)c2C)cc(OC)c1OC. The summed E-state index contributed by atoms with van der Waals surface area (Å²) < 4.78 is 17.8. The first kappa shape index (κ1) is 24.9. The van der Waals surface area contributed by atoms with Gasteiger partial charge < -0.3 is 19.5 Å². The minimum absolute atomic E-state index is 0.0693. The van der Waals surface area contributed by atoms with Gasteiger partial charge in [0.05, 0.1) is 45.2 Å². The molecule has 1 aromatic heterocycles. The van der Waals surface area contributed by atoms with Crippen molar-refractivity contribution in [3.63, 3.8) is 0 Å². The van der Waals surface area contributed by atoms with Crippen LogP contribution in [0.25, 0.3) is 5.69 Å². The normalized spacial score (nSPS) is 11.5. The van der Waals surface area contributed by atoms with E-state index in [1.54, 1.807) is 16.8 Å². The zero-order valence-electron chi connectivity index (χ0n) is 20.0. The maximum atomic E-state index is 12.9. The predicted molar refractivity (Wildman–Crippen MR) is 129 cm³/mol. The average molecular weight is 483 g/mol. The maximum Gasteiger partial charge on any atom is 0.225 e. The molecule has 0 bridgehead atoms. The van der Waals surface area contributed by atoms with Crippen LogP contribution in [0.3, 0.4) is 0 Å². The fourth-order valence-electron chi connectivity index (χ4n) is 3.73. The van der Waals surface area contributed by atoms with Crippen molar-refractivity contribution < 1.29 is 19.0 Å². The van der Waals surface area contributed by atoms with E-state index in [0.29, 0.717) is 27.8 Å². The second-order valence-electron chi connectivity index (χ2n) is 7.76. The largest absolute Gasteiger partial charge is 0.493 e. The van der Waals surface area contributed by atoms with Crippen molar-refractivity contribution in [1.82, 2.24) is 15.1 Å². The lowest BCUT2D eigenvalue weighted by Gasteiger charge is -2.17. The molecule has 0 saturated heterocycles. The number of halogens is 1. The number of aryl methyl sites for hydroxylation is 2. The monoisotopic (exact) mass is 482 g/mol. The summed E-state index contributed by atoms with van der Waals surface area (Å²) in [5.74, 6) is 0.895. The Kier molecular flexibility index (Phi) is 7.69. The van der Waals surface area contributed by atoms with Gasteiger partial charge in [-0.1, -0.05) is 17.7 Å². The summed E-state index contributed by atoms with van der Waals surface area (Å²) in [4.78, 5) is 12.9. The number of rotatable bonds is 8. The fraction of sp³-hybridized carbons (Fsp3) is 0.320. The maximum absolute atomic E-state index is 12.9. The Balaban J connectivity index is 1.85. The number of amides is 1. The third kappa shape index (κ3) is 4.95. The van der Waals surface area contributed by atoms with E-state index in [0.717, 1.165) is 28.2 Å². The summed E-state index contributed by atoms with van der Waals surface area (Å²) in [5, 5.41) is 17.8. The number of benzene rings is 2. The van der Waals surface area contributed by atoms with Crippen molar-refractivity contribution in [1.29, 1.82) is 5.26 Å². The van der Waals surface area contributed by atoms with Gasteiger partial charge in [0.1, 0.15) is 6.04 Å². The van der Waals surface area contributed by atoms with Gasteiger partial charge in [0.2, 0.25) is 11.7 Å². The number of nitrogens with zero attached hydrogens (tertiary/aromatic N) is 3. The van der Waals surface area contributed by atoms with E-state index in [-0.39, 0.29) is 12.3 Å². The molecular formula is C25H27ClN4O4. The minimum atomic E-state index is -0.909. The predicted octanol–water partition coefficient (Wildman–Crippen LogP) is 4.40. The lowest BCUT2D eigenvalue weighted by molar-refractivity contribution is -0.120. The molecule has 9 heteroatoms. The highest BCUT2D eigenvalue weighted by Gasteiger charge is 2.22. The highest BCUT2D eigenvalue weighted by Crippen LogP contribution is 2.39. The summed E-state index contributed by atoms with van der Waals surface area (Å²) >= 11 is 6.28. The van der Waals surface area contributed by atoms with Crippen molar-refractivity contribution in [2.75, 3.05) is 21.3 Å². The average Bonchev–Trinajstić information content (AvgIpc) is 3.11. The molecule has 0 fully saturated rings. The zero-order valence-corrected chi connectivity index (χ0v) is 20.8. The van der Waals surface area contributed by atoms with Gasteiger partial charge in [-0.05, 0) is 56.2 Å². The quantitative estimate of drug-likeness (QED) is 0.511. The molecule has 0 aliphatic rings. The number of carbonyl (C=O) groups excluding carboxylic acids is 1. The van der Waals surface area contributed by atoms with E-state index in [4.69, 9.17) is 25.8 Å². The van der Waals surface area contributed by atoms with Gasteiger partial charge in [-0.3, -0.25) is 4.79 Å². The molecule has 8 nitrogen and oxygen atoms in total. The van der Waals surface area contributed by atoms with Crippen LogP contribution in [0.2, 0.25) is 5.02 Å². The summed E-state index contributed by atoms with van der Waals surface area (Å²) in [5.41, 5.74) is 4.65. The number of hydrogen-bond donors (Lipinski definition) is 1. The number of nitrogens with one attached hydrogen (secondary N) is 1. The Morgan fingerprint density at radius 2 is 1.76 bits per heavy atom. The number of nitriles is 1. The summed E-state index contributed by atoms with van der Waals surface area (Å²) in [7, 11) is 4.48. The summed E-state index contributed by atoms with van der Waals surface area (Å²) in [6, 6.07) is 10.2. The van der Waals surface area contributed by atoms with Crippen LogP contribution in [0, 0.1) is 32.1 Å². The van der Waals surface area contributed by atoms with Crippen molar-refractivity contribution in [2.45, 2.75) is 33.2 Å². The van der Waals surface area contributed by atoms with Gasteiger partial charge in [-0.25, -0.2) is 4.68 Å². The van der Waals surface area contributed by atoms with E-state index in [1.165, 1.54) is 21.3 Å². The number of carbonyl (C=O) groups is 1. The molecule has 0 saturated carbocycles. The summed E-state index contributed by atoms with van der Waals surface area (Å²) in [6.07, 6.45) is 0.0693. The van der Waals surface area contributed by atoms with Crippen LogP contribution in [0.1, 0.15) is 34.1 Å². The fourth-order valence-corrected chi connectivity index (χ4v) is 3.90. The molecule has 34 heavy (non-hydrogen) atoms. The Bertz CT molecular complexity index is 1240. The molecule has 0 aliphatic carbocycles. The van der Waals surface area contributed by atoms with E-state index >= 15 is 0 Å². The molecule has 1 N–H and O–H groups in total. The third-order valence-corrected chi connectivity index (χ3v) is 6.04. The van der Waals surface area contributed by atoms with E-state index in [1.807, 2.05) is 39.0 Å². The van der Waals surface area contributed by atoms with Crippen LogP contribution < -0.4 is 19.5 Å². The molecule has 1 unspecified atom stereocenters. The minimum Gasteiger partial charge on any atom is -0.493 e. The molecule has 1 heterocycles. The Morgan fingerprint density at radius 3 is 2.29 bits per heavy atom. The smallest absolute Gasteiger partial charge is 0.225 e. The molecule has 178 valence electrons. The van der Waals surface area contributed by atoms with E-state index < -0.39 is 6.04 Å². The molecule has 0 spiro atoms. The third-order valence-electron chi connectivity index (χ3n) is 5.63. The number of hydrogen-bond acceptors (Lipinski definition) is 6. The topological polar surface area (TPSA) is 98.4 Å². The van der Waals surface area contributed by atoms with Gasteiger partial charge >= 0.3 is 0 Å². The zero-order chi connectivity index (χ0) is 25.0. The van der Waals surface area contributed by atoms with E-state index in [2.05, 4.69) is 16.5 Å². The number of aromatic nitrogens is 2.